The lowest BCUT2D eigenvalue weighted by Gasteiger charge is -2.31. The Kier molecular flexibility index (Phi) is 2.88. The van der Waals surface area contributed by atoms with E-state index in [1.54, 1.807) is 0 Å². The molecule has 0 aromatic rings. The maximum absolute atomic E-state index is 13.3. The SMILES string of the molecule is C=C(Br)CNC(=O)C1(F)CCC1. The van der Waals surface area contributed by atoms with Crippen LogP contribution < -0.4 is 5.32 Å². The number of hydrogen-bond acceptors (Lipinski definition) is 1. The van der Waals surface area contributed by atoms with Gasteiger partial charge in [-0.2, -0.15) is 0 Å². The smallest absolute Gasteiger partial charge is 0.257 e. The first-order chi connectivity index (χ1) is 5.54. The van der Waals surface area contributed by atoms with Crippen molar-refractivity contribution in [3.63, 3.8) is 0 Å². The summed E-state index contributed by atoms with van der Waals surface area (Å²) in [7, 11) is 0. The molecule has 1 amide bonds. The second kappa shape index (κ2) is 3.56. The Hall–Kier alpha value is -0.380. The van der Waals surface area contributed by atoms with E-state index >= 15 is 0 Å². The highest BCUT2D eigenvalue weighted by atomic mass is 79.9. The first-order valence-corrected chi connectivity index (χ1v) is 4.64. The number of carbonyl (C=O) groups excluding carboxylic acids is 1. The van der Waals surface area contributed by atoms with Crippen molar-refractivity contribution in [2.24, 2.45) is 0 Å². The molecule has 12 heavy (non-hydrogen) atoms. The van der Waals surface area contributed by atoms with Gasteiger partial charge in [-0.05, 0) is 19.3 Å². The van der Waals surface area contributed by atoms with Crippen LogP contribution >= 0.6 is 15.9 Å². The molecule has 0 radical (unpaired) electrons. The summed E-state index contributed by atoms with van der Waals surface area (Å²) in [6.07, 6.45) is 1.51. The minimum absolute atomic E-state index is 0.296. The van der Waals surface area contributed by atoms with Gasteiger partial charge >= 0.3 is 0 Å². The van der Waals surface area contributed by atoms with Crippen molar-refractivity contribution in [1.82, 2.24) is 5.32 Å². The van der Waals surface area contributed by atoms with Crippen LogP contribution in [0, 0.1) is 0 Å². The highest BCUT2D eigenvalue weighted by molar-refractivity contribution is 9.11. The zero-order chi connectivity index (χ0) is 9.19. The second-order valence-corrected chi connectivity index (χ2v) is 4.14. The third-order valence-electron chi connectivity index (χ3n) is 1.99. The molecule has 68 valence electrons. The van der Waals surface area contributed by atoms with Crippen LogP contribution in [0.2, 0.25) is 0 Å². The molecule has 1 aliphatic rings. The molecular formula is C8H11BrFNO. The molecule has 0 atom stereocenters. The number of halogens is 2. The van der Waals surface area contributed by atoms with Crippen molar-refractivity contribution < 1.29 is 9.18 Å². The van der Waals surface area contributed by atoms with Crippen LogP contribution in [-0.2, 0) is 4.79 Å². The van der Waals surface area contributed by atoms with Crippen LogP contribution in [0.15, 0.2) is 11.1 Å². The van der Waals surface area contributed by atoms with Gasteiger partial charge in [0.05, 0.1) is 0 Å². The molecule has 0 bridgehead atoms. The van der Waals surface area contributed by atoms with E-state index in [0.29, 0.717) is 23.9 Å². The summed E-state index contributed by atoms with van der Waals surface area (Å²) in [4.78, 5) is 11.1. The van der Waals surface area contributed by atoms with Crippen molar-refractivity contribution in [2.45, 2.75) is 24.9 Å². The van der Waals surface area contributed by atoms with Crippen LogP contribution in [0.3, 0.4) is 0 Å². The molecule has 0 aromatic carbocycles. The van der Waals surface area contributed by atoms with Gasteiger partial charge in [0.1, 0.15) is 0 Å². The van der Waals surface area contributed by atoms with E-state index in [0.717, 1.165) is 6.42 Å². The summed E-state index contributed by atoms with van der Waals surface area (Å²) in [5.74, 6) is -0.505. The minimum Gasteiger partial charge on any atom is -0.349 e. The van der Waals surface area contributed by atoms with E-state index in [2.05, 4.69) is 27.8 Å². The lowest BCUT2D eigenvalue weighted by Crippen LogP contribution is -2.48. The molecule has 0 aliphatic heterocycles. The molecule has 0 aromatic heterocycles. The predicted molar refractivity (Wildman–Crippen MR) is 48.8 cm³/mol. The Morgan fingerprint density at radius 1 is 1.67 bits per heavy atom. The Balaban J connectivity index is 2.33. The molecule has 0 heterocycles. The molecule has 2 nitrogen and oxygen atoms in total. The number of hydrogen-bond donors (Lipinski definition) is 1. The summed E-state index contributed by atoms with van der Waals surface area (Å²) in [6.45, 7) is 3.83. The predicted octanol–water partition coefficient (Wildman–Crippen LogP) is 1.90. The van der Waals surface area contributed by atoms with Crippen LogP contribution in [-0.4, -0.2) is 18.1 Å². The Morgan fingerprint density at radius 3 is 2.58 bits per heavy atom. The molecule has 0 spiro atoms. The highest BCUT2D eigenvalue weighted by Crippen LogP contribution is 2.35. The Labute approximate surface area is 79.3 Å². The van der Waals surface area contributed by atoms with E-state index in [1.807, 2.05) is 0 Å². The molecule has 1 aliphatic carbocycles. The fraction of sp³-hybridized carbons (Fsp3) is 0.625. The van der Waals surface area contributed by atoms with Crippen molar-refractivity contribution in [1.29, 1.82) is 0 Å². The molecule has 1 N–H and O–H groups in total. The lowest BCUT2D eigenvalue weighted by atomic mass is 9.81. The standard InChI is InChI=1S/C8H11BrFNO/c1-6(9)5-11-7(12)8(10)3-2-4-8/h1-5H2,(H,11,12). The summed E-state index contributed by atoms with van der Waals surface area (Å²) in [5.41, 5.74) is -1.59. The largest absolute Gasteiger partial charge is 0.349 e. The average molecular weight is 236 g/mol. The van der Waals surface area contributed by atoms with Gasteiger partial charge in [-0.15, -0.1) is 0 Å². The van der Waals surface area contributed by atoms with Gasteiger partial charge < -0.3 is 5.32 Å². The quantitative estimate of drug-likeness (QED) is 0.796. The molecule has 0 saturated heterocycles. The fourth-order valence-corrected chi connectivity index (χ4v) is 1.19. The van der Waals surface area contributed by atoms with Crippen molar-refractivity contribution in [3.8, 4) is 0 Å². The average Bonchev–Trinajstić information content (AvgIpc) is 1.95. The number of alkyl halides is 1. The minimum atomic E-state index is -1.59. The van der Waals surface area contributed by atoms with Gasteiger partial charge in [0.2, 0.25) is 0 Å². The number of carbonyl (C=O) groups is 1. The zero-order valence-corrected chi connectivity index (χ0v) is 8.29. The van der Waals surface area contributed by atoms with Gasteiger partial charge in [-0.1, -0.05) is 22.5 Å². The maximum Gasteiger partial charge on any atom is 0.257 e. The number of nitrogens with one attached hydrogen (secondary N) is 1. The number of rotatable bonds is 3. The molecule has 1 saturated carbocycles. The highest BCUT2D eigenvalue weighted by Gasteiger charge is 2.44. The second-order valence-electron chi connectivity index (χ2n) is 3.02. The Bertz CT molecular complexity index is 213. The van der Waals surface area contributed by atoms with Gasteiger partial charge in [0.25, 0.3) is 5.91 Å². The van der Waals surface area contributed by atoms with Crippen molar-refractivity contribution in [3.05, 3.63) is 11.1 Å². The van der Waals surface area contributed by atoms with E-state index in [4.69, 9.17) is 0 Å². The van der Waals surface area contributed by atoms with Crippen LogP contribution in [0.25, 0.3) is 0 Å². The third-order valence-corrected chi connectivity index (χ3v) is 2.27. The zero-order valence-electron chi connectivity index (χ0n) is 6.70. The summed E-state index contributed by atoms with van der Waals surface area (Å²) < 4.78 is 13.9. The molecule has 1 fully saturated rings. The monoisotopic (exact) mass is 235 g/mol. The first-order valence-electron chi connectivity index (χ1n) is 3.85. The normalized spacial score (nSPS) is 19.5. The van der Waals surface area contributed by atoms with Gasteiger partial charge in [-0.25, -0.2) is 4.39 Å². The summed E-state index contributed by atoms with van der Waals surface area (Å²) in [6, 6.07) is 0. The van der Waals surface area contributed by atoms with E-state index in [9.17, 15) is 9.18 Å². The molecule has 0 unspecified atom stereocenters. The molecule has 4 heteroatoms. The summed E-state index contributed by atoms with van der Waals surface area (Å²) >= 11 is 3.08. The fourth-order valence-electron chi connectivity index (χ4n) is 1.05. The van der Waals surface area contributed by atoms with E-state index in [1.165, 1.54) is 0 Å². The van der Waals surface area contributed by atoms with E-state index < -0.39 is 11.6 Å². The van der Waals surface area contributed by atoms with Gasteiger partial charge in [0.15, 0.2) is 5.67 Å². The maximum atomic E-state index is 13.3. The van der Waals surface area contributed by atoms with Gasteiger partial charge in [0, 0.05) is 11.0 Å². The van der Waals surface area contributed by atoms with Crippen LogP contribution in [0.1, 0.15) is 19.3 Å². The summed E-state index contributed by atoms with van der Waals surface area (Å²) in [5, 5.41) is 2.46. The third kappa shape index (κ3) is 2.06. The molecule has 1 rings (SSSR count). The lowest BCUT2D eigenvalue weighted by molar-refractivity contribution is -0.138. The molecular weight excluding hydrogens is 225 g/mol. The number of amides is 1. The Morgan fingerprint density at radius 2 is 2.25 bits per heavy atom. The first kappa shape index (κ1) is 9.71. The van der Waals surface area contributed by atoms with Crippen LogP contribution in [0.5, 0.6) is 0 Å². The van der Waals surface area contributed by atoms with Crippen molar-refractivity contribution >= 4 is 21.8 Å². The van der Waals surface area contributed by atoms with Crippen molar-refractivity contribution in [2.75, 3.05) is 6.54 Å². The van der Waals surface area contributed by atoms with Gasteiger partial charge in [-0.3, -0.25) is 4.79 Å². The van der Waals surface area contributed by atoms with E-state index in [-0.39, 0.29) is 0 Å². The topological polar surface area (TPSA) is 29.1 Å². The van der Waals surface area contributed by atoms with Crippen LogP contribution in [0.4, 0.5) is 4.39 Å².